The quantitative estimate of drug-likeness (QED) is 0.217. The molecule has 0 aliphatic heterocycles. The van der Waals surface area contributed by atoms with Crippen LogP contribution in [0, 0.1) is 12.3 Å². The van der Waals surface area contributed by atoms with Gasteiger partial charge in [-0.15, -0.1) is 6.42 Å². The van der Waals surface area contributed by atoms with Crippen LogP contribution in [0.5, 0.6) is 0 Å². The normalized spacial score (nSPS) is 20.1. The third kappa shape index (κ3) is 4.51. The zero-order valence-electron chi connectivity index (χ0n) is 18.6. The second-order valence-corrected chi connectivity index (χ2v) is 10.5. The molecule has 0 saturated heterocycles. The summed E-state index contributed by atoms with van der Waals surface area (Å²) >= 11 is 0. The second-order valence-electron chi connectivity index (χ2n) is 8.24. The number of hydrogen-bond donors (Lipinski definition) is 0. The van der Waals surface area contributed by atoms with E-state index in [9.17, 15) is 9.36 Å². The number of hydrogen-bond acceptors (Lipinski definition) is 4. The molecule has 0 spiro atoms. The van der Waals surface area contributed by atoms with E-state index in [0.29, 0.717) is 32.5 Å². The Morgan fingerprint density at radius 2 is 1.71 bits per heavy atom. The van der Waals surface area contributed by atoms with E-state index in [1.807, 2.05) is 56.3 Å². The van der Waals surface area contributed by atoms with Gasteiger partial charge in [0.1, 0.15) is 5.16 Å². The van der Waals surface area contributed by atoms with Gasteiger partial charge in [-0.3, -0.25) is 9.36 Å². The molecule has 3 rings (SSSR count). The van der Waals surface area contributed by atoms with Gasteiger partial charge >= 0.3 is 7.60 Å². The molecule has 5 heteroatoms. The summed E-state index contributed by atoms with van der Waals surface area (Å²) in [6, 6.07) is 13.9. The van der Waals surface area contributed by atoms with Crippen molar-refractivity contribution in [2.24, 2.45) is 0 Å². The van der Waals surface area contributed by atoms with Crippen LogP contribution in [0.25, 0.3) is 10.8 Å². The maximum atomic E-state index is 14.4. The van der Waals surface area contributed by atoms with Gasteiger partial charge in [0.05, 0.1) is 19.1 Å². The first-order valence-electron chi connectivity index (χ1n) is 11.4. The molecule has 166 valence electrons. The number of rotatable bonds is 11. The Hall–Kier alpha value is -1.92. The van der Waals surface area contributed by atoms with Crippen LogP contribution in [0.3, 0.4) is 0 Å². The molecular weight excluding hydrogens is 407 g/mol. The lowest BCUT2D eigenvalue weighted by Gasteiger charge is -2.39. The lowest BCUT2D eigenvalue weighted by Crippen LogP contribution is -2.41. The monoisotopic (exact) mass is 440 g/mol. The molecule has 1 fully saturated rings. The molecule has 2 atom stereocenters. The molecule has 1 saturated carbocycles. The summed E-state index contributed by atoms with van der Waals surface area (Å²) < 4.78 is 26.5. The van der Waals surface area contributed by atoms with Crippen molar-refractivity contribution in [2.75, 3.05) is 13.2 Å². The fraction of sp³-hybridized carbons (Fsp3) is 0.500. The van der Waals surface area contributed by atoms with Gasteiger partial charge in [-0.2, -0.15) is 0 Å². The van der Waals surface area contributed by atoms with E-state index in [0.717, 1.165) is 42.0 Å². The van der Waals surface area contributed by atoms with Crippen LogP contribution in [0.15, 0.2) is 42.5 Å². The molecule has 31 heavy (non-hydrogen) atoms. The maximum Gasteiger partial charge on any atom is 0.345 e. The zero-order chi connectivity index (χ0) is 22.3. The van der Waals surface area contributed by atoms with Gasteiger partial charge in [0.2, 0.25) is 0 Å². The van der Waals surface area contributed by atoms with Gasteiger partial charge in [-0.25, -0.2) is 0 Å². The van der Waals surface area contributed by atoms with Crippen molar-refractivity contribution in [3.05, 3.63) is 48.0 Å². The van der Waals surface area contributed by atoms with E-state index in [1.54, 1.807) is 0 Å². The van der Waals surface area contributed by atoms with E-state index < -0.39 is 18.7 Å². The lowest BCUT2D eigenvalue weighted by atomic mass is 9.81. The third-order valence-electron chi connectivity index (χ3n) is 6.23. The highest BCUT2D eigenvalue weighted by Crippen LogP contribution is 2.69. The molecule has 0 N–H and O–H groups in total. The minimum atomic E-state index is -3.82. The molecule has 0 radical (unpaired) electrons. The SMILES string of the molecule is C#C[C@H](c1cccc2ccccc12)[C@@]1(P(=O)(OCCCC)OCCCC)CCCC1=O. The molecule has 0 heterocycles. The van der Waals surface area contributed by atoms with E-state index >= 15 is 0 Å². The molecule has 0 aromatic heterocycles. The highest BCUT2D eigenvalue weighted by molar-refractivity contribution is 7.57. The topological polar surface area (TPSA) is 52.6 Å². The Kier molecular flexibility index (Phi) is 8.11. The number of carbonyl (C=O) groups excluding carboxylic acids is 1. The van der Waals surface area contributed by atoms with Crippen LogP contribution in [0.1, 0.15) is 70.3 Å². The summed E-state index contributed by atoms with van der Waals surface area (Å²) in [7, 11) is -3.82. The first kappa shape index (κ1) is 23.7. The second kappa shape index (κ2) is 10.6. The smallest absolute Gasteiger partial charge is 0.308 e. The molecule has 0 unspecified atom stereocenters. The summed E-state index contributed by atoms with van der Waals surface area (Å²) in [5.74, 6) is 2.08. The summed E-state index contributed by atoms with van der Waals surface area (Å²) in [5, 5.41) is 0.669. The Bertz CT molecular complexity index is 973. The molecule has 4 nitrogen and oxygen atoms in total. The highest BCUT2D eigenvalue weighted by Gasteiger charge is 2.63. The van der Waals surface area contributed by atoms with E-state index in [1.165, 1.54) is 0 Å². The minimum absolute atomic E-state index is 0.0975. The predicted molar refractivity (Wildman–Crippen MR) is 126 cm³/mol. The average Bonchev–Trinajstić information content (AvgIpc) is 3.17. The van der Waals surface area contributed by atoms with E-state index in [2.05, 4.69) is 5.92 Å². The van der Waals surface area contributed by atoms with Crippen molar-refractivity contribution < 1.29 is 18.4 Å². The van der Waals surface area contributed by atoms with Crippen molar-refractivity contribution >= 4 is 24.2 Å². The fourth-order valence-corrected chi connectivity index (χ4v) is 7.19. The number of unbranched alkanes of at least 4 members (excludes halogenated alkanes) is 2. The Morgan fingerprint density at radius 3 is 2.29 bits per heavy atom. The first-order chi connectivity index (χ1) is 15.0. The van der Waals surface area contributed by atoms with Crippen LogP contribution in [-0.2, 0) is 18.4 Å². The van der Waals surface area contributed by atoms with Crippen LogP contribution in [0.4, 0.5) is 0 Å². The van der Waals surface area contributed by atoms with Crippen molar-refractivity contribution in [2.45, 2.75) is 69.9 Å². The predicted octanol–water partition coefficient (Wildman–Crippen LogP) is 6.87. The summed E-state index contributed by atoms with van der Waals surface area (Å²) in [6.07, 6.45) is 10.8. The highest BCUT2D eigenvalue weighted by atomic mass is 31.2. The maximum absolute atomic E-state index is 14.4. The Labute approximate surface area is 186 Å². The molecule has 0 amide bonds. The van der Waals surface area contributed by atoms with Crippen molar-refractivity contribution in [1.82, 2.24) is 0 Å². The molecule has 1 aliphatic carbocycles. The van der Waals surface area contributed by atoms with Gasteiger partial charge in [0, 0.05) is 6.42 Å². The summed E-state index contributed by atoms with van der Waals surface area (Å²) in [5.41, 5.74) is 0.842. The zero-order valence-corrected chi connectivity index (χ0v) is 19.5. The summed E-state index contributed by atoms with van der Waals surface area (Å²) in [4.78, 5) is 13.5. The standard InChI is InChI=1S/C26H33O4P/c1-4-7-19-29-31(28,30-20-8-5-2)26(18-12-17-25(26)27)24(6-3)23-16-11-14-21-13-9-10-15-22(21)23/h3,9-11,13-16,24H,4-5,7-8,12,17-20H2,1-2H3/t24-,26+/m1/s1. The van der Waals surface area contributed by atoms with E-state index in [4.69, 9.17) is 15.5 Å². The molecule has 1 aliphatic rings. The van der Waals surface area contributed by atoms with Gasteiger partial charge in [0.15, 0.2) is 5.78 Å². The van der Waals surface area contributed by atoms with Gasteiger partial charge in [-0.05, 0) is 42.0 Å². The lowest BCUT2D eigenvalue weighted by molar-refractivity contribution is -0.120. The summed E-state index contributed by atoms with van der Waals surface area (Å²) in [6.45, 7) is 4.68. The number of carbonyl (C=O) groups is 1. The number of fused-ring (bicyclic) bond motifs is 1. The molecule has 0 bridgehead atoms. The van der Waals surface area contributed by atoms with Crippen molar-refractivity contribution in [3.63, 3.8) is 0 Å². The number of benzene rings is 2. The largest absolute Gasteiger partial charge is 0.345 e. The Balaban J connectivity index is 2.16. The molecule has 2 aromatic carbocycles. The third-order valence-corrected chi connectivity index (χ3v) is 8.98. The van der Waals surface area contributed by atoms with Crippen molar-refractivity contribution in [3.8, 4) is 12.3 Å². The van der Waals surface area contributed by atoms with Gasteiger partial charge in [-0.1, -0.05) is 75.1 Å². The molecule has 2 aromatic rings. The number of Topliss-reactive ketones (excluding diaryl/α,β-unsaturated/α-hetero) is 1. The first-order valence-corrected chi connectivity index (χ1v) is 12.9. The fourth-order valence-electron chi connectivity index (χ4n) is 4.54. The van der Waals surface area contributed by atoms with Crippen LogP contribution < -0.4 is 0 Å². The number of terminal acetylenes is 1. The van der Waals surface area contributed by atoms with Crippen molar-refractivity contribution in [1.29, 1.82) is 0 Å². The van der Waals surface area contributed by atoms with Crippen LogP contribution in [-0.4, -0.2) is 24.2 Å². The van der Waals surface area contributed by atoms with Gasteiger partial charge < -0.3 is 9.05 Å². The average molecular weight is 441 g/mol. The number of ketones is 1. The van der Waals surface area contributed by atoms with Crippen LogP contribution >= 0.6 is 7.60 Å². The van der Waals surface area contributed by atoms with Crippen LogP contribution in [0.2, 0.25) is 0 Å². The Morgan fingerprint density at radius 1 is 1.06 bits per heavy atom. The molecular formula is C26H33O4P. The van der Waals surface area contributed by atoms with Gasteiger partial charge in [0.25, 0.3) is 0 Å². The van der Waals surface area contributed by atoms with E-state index in [-0.39, 0.29) is 5.78 Å². The minimum Gasteiger partial charge on any atom is -0.308 e.